The zero-order valence-corrected chi connectivity index (χ0v) is 23.8. The molecule has 0 radical (unpaired) electrons. The third-order valence-corrected chi connectivity index (χ3v) is 5.36. The van der Waals surface area contributed by atoms with E-state index in [1.165, 1.54) is 38.5 Å². The number of aliphatic hydroxyl groups excluding tert-OH is 1. The third-order valence-electron chi connectivity index (χ3n) is 4.28. The van der Waals surface area contributed by atoms with Crippen LogP contribution in [0.1, 0.15) is 86.8 Å². The van der Waals surface area contributed by atoms with E-state index in [4.69, 9.17) is 14.4 Å². The summed E-state index contributed by atoms with van der Waals surface area (Å²) in [7, 11) is -4.78. The fourth-order valence-electron chi connectivity index (χ4n) is 2.63. The Balaban J connectivity index is -0.000000607. The summed E-state index contributed by atoms with van der Waals surface area (Å²) in [5.74, 6) is -2.11. The molecule has 0 saturated carbocycles. The Morgan fingerprint density at radius 1 is 0.833 bits per heavy atom. The summed E-state index contributed by atoms with van der Waals surface area (Å²) in [4.78, 5) is 23.5. The predicted molar refractivity (Wildman–Crippen MR) is 108 cm³/mol. The smallest absolute Gasteiger partial charge is 1.00 e. The van der Waals surface area contributed by atoms with Gasteiger partial charge in [-0.3, -0.25) is 14.1 Å². The van der Waals surface area contributed by atoms with Crippen molar-refractivity contribution < 1.29 is 99.1 Å². The van der Waals surface area contributed by atoms with Crippen molar-refractivity contribution in [3.8, 4) is 0 Å². The maximum Gasteiger partial charge on any atom is 1.00 e. The molecule has 170 valence electrons. The third kappa shape index (κ3) is 20.7. The average molecular weight is 473 g/mol. The van der Waals surface area contributed by atoms with Gasteiger partial charge in [0.05, 0.1) is 19.6 Å². The number of aliphatic hydroxyl groups is 1. The molecule has 8 nitrogen and oxygen atoms in total. The van der Waals surface area contributed by atoms with E-state index >= 15 is 0 Å². The molecule has 0 saturated heterocycles. The summed E-state index contributed by atoms with van der Waals surface area (Å²) in [6.07, 6.45) is 10.5. The number of carbonyl (C=O) groups excluding carboxylic acids is 2. The van der Waals surface area contributed by atoms with Crippen LogP contribution in [-0.4, -0.2) is 55.1 Å². The fraction of sp³-hybridized carbons (Fsp3) is 0.895. The monoisotopic (exact) mass is 472 g/mol. The van der Waals surface area contributed by atoms with Crippen LogP contribution in [0.25, 0.3) is 0 Å². The molecule has 0 heterocycles. The van der Waals surface area contributed by atoms with E-state index in [1.54, 1.807) is 0 Å². The first kappa shape index (κ1) is 35.4. The van der Waals surface area contributed by atoms with Gasteiger partial charge in [0, 0.05) is 13.0 Å². The molecule has 0 aliphatic carbocycles. The quantitative estimate of drug-likeness (QED) is 0.0952. The molecule has 0 aromatic carbocycles. The zero-order chi connectivity index (χ0) is 21.3. The van der Waals surface area contributed by atoms with Crippen molar-refractivity contribution in [3.05, 3.63) is 0 Å². The normalized spacial score (nSPS) is 11.7. The average Bonchev–Trinajstić information content (AvgIpc) is 2.63. The van der Waals surface area contributed by atoms with Crippen LogP contribution in [0.2, 0.25) is 0 Å². The molecule has 0 aliphatic heterocycles. The van der Waals surface area contributed by atoms with Crippen molar-refractivity contribution in [2.24, 2.45) is 0 Å². The van der Waals surface area contributed by atoms with Crippen LogP contribution in [0.3, 0.4) is 0 Å². The first-order valence-electron chi connectivity index (χ1n) is 10.2. The number of hydrogen-bond donors (Lipinski definition) is 2. The molecule has 1 atom stereocenters. The van der Waals surface area contributed by atoms with Gasteiger partial charge in [0.2, 0.25) is 0 Å². The summed E-state index contributed by atoms with van der Waals surface area (Å²) in [6, 6.07) is 0. The number of rotatable bonds is 18. The van der Waals surface area contributed by atoms with Gasteiger partial charge in [0.25, 0.3) is 10.1 Å². The van der Waals surface area contributed by atoms with E-state index < -0.39 is 33.7 Å². The van der Waals surface area contributed by atoms with Crippen LogP contribution in [-0.2, 0) is 29.2 Å². The molecule has 2 N–H and O–H groups in total. The number of esters is 2. The van der Waals surface area contributed by atoms with E-state index in [0.717, 1.165) is 19.3 Å². The number of unbranched alkanes of at least 4 members (excludes halogenated alkanes) is 9. The van der Waals surface area contributed by atoms with Gasteiger partial charge < -0.3 is 17.4 Å². The fourth-order valence-corrected chi connectivity index (χ4v) is 3.28. The summed E-state index contributed by atoms with van der Waals surface area (Å²) < 4.78 is 41.5. The van der Waals surface area contributed by atoms with Crippen molar-refractivity contribution in [1.29, 1.82) is 0 Å². The topological polar surface area (TPSA) is 127 Å². The minimum absolute atomic E-state index is 0. The Morgan fingerprint density at radius 2 is 1.30 bits per heavy atom. The molecule has 0 aromatic rings. The van der Waals surface area contributed by atoms with Gasteiger partial charge in [-0.1, -0.05) is 64.7 Å². The Kier molecular flexibility index (Phi) is 27.1. The first-order valence-corrected chi connectivity index (χ1v) is 11.7. The maximum absolute atomic E-state index is 11.9. The minimum Gasteiger partial charge on any atom is -1.00 e. The second-order valence-corrected chi connectivity index (χ2v) is 8.45. The molecule has 0 spiro atoms. The Labute approximate surface area is 228 Å². The van der Waals surface area contributed by atoms with E-state index in [1.807, 2.05) is 0 Å². The number of carbonyl (C=O) groups is 2. The molecule has 0 aromatic heterocycles. The molecule has 0 fully saturated rings. The van der Waals surface area contributed by atoms with Gasteiger partial charge in [-0.2, -0.15) is 8.42 Å². The molecule has 1 unspecified atom stereocenters. The van der Waals surface area contributed by atoms with Crippen LogP contribution in [0, 0.1) is 0 Å². The van der Waals surface area contributed by atoms with Crippen molar-refractivity contribution in [2.45, 2.75) is 89.2 Å². The number of hydrogen-bond acceptors (Lipinski definition) is 7. The molecule has 0 aliphatic rings. The molecule has 0 bridgehead atoms. The summed E-state index contributed by atoms with van der Waals surface area (Å²) in [6.45, 7) is 1.95. The van der Waals surface area contributed by atoms with Gasteiger partial charge >= 0.3 is 71.1 Å². The Bertz CT molecular complexity index is 539. The summed E-state index contributed by atoms with van der Waals surface area (Å²) in [5, 5.41) is 6.62. The standard InChI is InChI=1S/C19H36O8S.2Na.2H/c1-2-3-4-5-6-7-8-9-10-11-14-27-19(22)17(28(23,24)25)16-18(21)26-15-12-13-20;;;;/h17,20H,2-16H2,1H3,(H,23,24,25);;;;/q;2*+1;2*-1. The first-order chi connectivity index (χ1) is 13.3. The van der Waals surface area contributed by atoms with E-state index in [0.29, 0.717) is 6.42 Å². The van der Waals surface area contributed by atoms with Gasteiger partial charge in [0.1, 0.15) is 0 Å². The zero-order valence-electron chi connectivity index (χ0n) is 20.9. The van der Waals surface area contributed by atoms with Crippen LogP contribution in [0.4, 0.5) is 0 Å². The van der Waals surface area contributed by atoms with Crippen LogP contribution >= 0.6 is 0 Å². The van der Waals surface area contributed by atoms with Gasteiger partial charge in [0.15, 0.2) is 5.25 Å². The van der Waals surface area contributed by atoms with Crippen LogP contribution in [0.15, 0.2) is 0 Å². The van der Waals surface area contributed by atoms with Crippen molar-refractivity contribution in [3.63, 3.8) is 0 Å². The Hall–Kier alpha value is 0.810. The maximum atomic E-state index is 11.9. The van der Waals surface area contributed by atoms with Crippen molar-refractivity contribution in [2.75, 3.05) is 19.8 Å². The molecule has 0 rings (SSSR count). The van der Waals surface area contributed by atoms with E-state index in [2.05, 4.69) is 11.7 Å². The summed E-state index contributed by atoms with van der Waals surface area (Å²) in [5.41, 5.74) is 0. The van der Waals surface area contributed by atoms with Crippen LogP contribution in [0.5, 0.6) is 0 Å². The molecular formula is C19H38Na2O8S. The van der Waals surface area contributed by atoms with E-state index in [9.17, 15) is 18.0 Å². The van der Waals surface area contributed by atoms with Gasteiger partial charge in [-0.25, -0.2) is 0 Å². The number of ether oxygens (including phenoxy) is 2. The van der Waals surface area contributed by atoms with Crippen molar-refractivity contribution >= 4 is 22.1 Å². The largest absolute Gasteiger partial charge is 1.00 e. The molecule has 11 heteroatoms. The minimum atomic E-state index is -4.78. The SMILES string of the molecule is CCCCCCCCCCCCOC(=O)C(CC(=O)OCCCO)S(=O)(=O)O.[H-].[H-].[Na+].[Na+]. The van der Waals surface area contributed by atoms with E-state index in [-0.39, 0.29) is 88.2 Å². The van der Waals surface area contributed by atoms with Gasteiger partial charge in [-0.15, -0.1) is 0 Å². The molecule has 0 amide bonds. The molecule has 30 heavy (non-hydrogen) atoms. The van der Waals surface area contributed by atoms with Gasteiger partial charge in [-0.05, 0) is 6.42 Å². The second kappa shape index (κ2) is 23.0. The second-order valence-electron chi connectivity index (χ2n) is 6.85. The Morgan fingerprint density at radius 3 is 1.77 bits per heavy atom. The molecular weight excluding hydrogens is 434 g/mol. The van der Waals surface area contributed by atoms with Crippen LogP contribution < -0.4 is 59.1 Å². The predicted octanol–water partition coefficient (Wildman–Crippen LogP) is -2.74. The van der Waals surface area contributed by atoms with Crippen molar-refractivity contribution in [1.82, 2.24) is 0 Å². The summed E-state index contributed by atoms with van der Waals surface area (Å²) >= 11 is 0.